The lowest BCUT2D eigenvalue weighted by Gasteiger charge is -2.54. The van der Waals surface area contributed by atoms with Gasteiger partial charge < -0.3 is 29.7 Å². The van der Waals surface area contributed by atoms with Gasteiger partial charge in [0.15, 0.2) is 11.5 Å². The molecule has 0 bridgehead atoms. The number of fused-ring (bicyclic) bond motifs is 1. The van der Waals surface area contributed by atoms with Gasteiger partial charge in [0, 0.05) is 20.1 Å². The number of rotatable bonds is 9. The molecule has 2 aliphatic rings. The van der Waals surface area contributed by atoms with Crippen LogP contribution in [0.1, 0.15) is 17.5 Å². The molecule has 2 fully saturated rings. The second-order valence-electron chi connectivity index (χ2n) is 9.42. The highest BCUT2D eigenvalue weighted by molar-refractivity contribution is 5.93. The van der Waals surface area contributed by atoms with Gasteiger partial charge in [-0.2, -0.15) is 0 Å². The number of carbonyl (C=O) groups excluding carboxylic acids is 3. The molecule has 0 radical (unpaired) electrons. The van der Waals surface area contributed by atoms with Crippen LogP contribution in [0.2, 0.25) is 0 Å². The summed E-state index contributed by atoms with van der Waals surface area (Å²) in [5.74, 6) is -0.949. The third kappa shape index (κ3) is 6.06. The minimum Gasteiger partial charge on any atom is -0.493 e. The van der Waals surface area contributed by atoms with Crippen molar-refractivity contribution in [3.8, 4) is 11.5 Å². The van der Waals surface area contributed by atoms with Crippen molar-refractivity contribution in [3.05, 3.63) is 59.7 Å². The molecular weight excluding hydrogens is 506 g/mol. The molecule has 2 aliphatic heterocycles. The van der Waals surface area contributed by atoms with Crippen LogP contribution in [0.5, 0.6) is 11.5 Å². The first-order valence-corrected chi connectivity index (χ1v) is 12.6. The summed E-state index contributed by atoms with van der Waals surface area (Å²) in [5, 5.41) is 15.3. The second kappa shape index (κ2) is 12.0. The Bertz CT molecular complexity index is 1220. The van der Waals surface area contributed by atoms with E-state index in [9.17, 15) is 24.3 Å². The van der Waals surface area contributed by atoms with Crippen molar-refractivity contribution in [1.29, 1.82) is 0 Å². The molecule has 2 saturated heterocycles. The van der Waals surface area contributed by atoms with E-state index >= 15 is 0 Å². The Labute approximate surface area is 226 Å². The number of methoxy groups -OCH3 is 2. The van der Waals surface area contributed by atoms with Crippen LogP contribution < -0.4 is 14.8 Å². The number of urea groups is 1. The molecule has 2 aromatic carbocycles. The summed E-state index contributed by atoms with van der Waals surface area (Å²) >= 11 is 0. The van der Waals surface area contributed by atoms with Gasteiger partial charge in [0.2, 0.25) is 11.8 Å². The van der Waals surface area contributed by atoms with Crippen molar-refractivity contribution < 1.29 is 33.8 Å². The van der Waals surface area contributed by atoms with Crippen molar-refractivity contribution in [3.63, 3.8) is 0 Å². The molecule has 4 amide bonds. The molecule has 0 saturated carbocycles. The summed E-state index contributed by atoms with van der Waals surface area (Å²) in [5.41, 5.74) is 1.78. The predicted molar refractivity (Wildman–Crippen MR) is 140 cm³/mol. The van der Waals surface area contributed by atoms with Gasteiger partial charge in [-0.3, -0.25) is 14.4 Å². The molecule has 12 heteroatoms. The maximum absolute atomic E-state index is 13.5. The molecule has 2 aromatic rings. The number of piperazine rings is 1. The summed E-state index contributed by atoms with van der Waals surface area (Å²) in [7, 11) is 4.70. The molecule has 2 atom stereocenters. The number of hydrogen-bond acceptors (Lipinski definition) is 7. The van der Waals surface area contributed by atoms with Gasteiger partial charge in [0.1, 0.15) is 12.2 Å². The molecule has 4 rings (SSSR count). The Kier molecular flexibility index (Phi) is 8.55. The largest absolute Gasteiger partial charge is 0.493 e. The zero-order valence-electron chi connectivity index (χ0n) is 22.2. The van der Waals surface area contributed by atoms with Crippen LogP contribution in [-0.2, 0) is 27.3 Å². The maximum atomic E-state index is 13.5. The first kappa shape index (κ1) is 27.7. The number of benzene rings is 2. The smallest absolute Gasteiger partial charge is 0.334 e. The predicted octanol–water partition coefficient (Wildman–Crippen LogP) is 1.16. The van der Waals surface area contributed by atoms with Crippen molar-refractivity contribution in [1.82, 2.24) is 25.1 Å². The molecule has 0 unspecified atom stereocenters. The van der Waals surface area contributed by atoms with Gasteiger partial charge in [0.05, 0.1) is 33.7 Å². The molecule has 2 heterocycles. The number of carboxylic acid groups (broad SMARTS) is 1. The molecule has 2 N–H and O–H groups in total. The number of ether oxygens (including phenoxy) is 2. The van der Waals surface area contributed by atoms with Crippen LogP contribution >= 0.6 is 0 Å². The molecule has 208 valence electrons. The van der Waals surface area contributed by atoms with Gasteiger partial charge in [-0.15, -0.1) is 0 Å². The van der Waals surface area contributed by atoms with E-state index in [1.807, 2.05) is 42.5 Å². The van der Waals surface area contributed by atoms with E-state index < -0.39 is 42.4 Å². The monoisotopic (exact) mass is 539 g/mol. The van der Waals surface area contributed by atoms with Gasteiger partial charge in [0.25, 0.3) is 0 Å². The number of carboxylic acids is 1. The average Bonchev–Trinajstić information content (AvgIpc) is 2.92. The number of likely N-dealkylation sites (N-methyl/N-ethyl adjacent to an activating group) is 1. The van der Waals surface area contributed by atoms with Crippen LogP contribution in [0, 0.1) is 0 Å². The topological polar surface area (TPSA) is 132 Å². The summed E-state index contributed by atoms with van der Waals surface area (Å²) < 4.78 is 10.7. The van der Waals surface area contributed by atoms with Crippen molar-refractivity contribution in [2.75, 3.05) is 40.9 Å². The third-order valence-corrected chi connectivity index (χ3v) is 6.92. The lowest BCUT2D eigenvalue weighted by molar-refractivity contribution is -0.188. The number of amides is 4. The Hall–Kier alpha value is -4.32. The van der Waals surface area contributed by atoms with Crippen LogP contribution in [0.15, 0.2) is 48.5 Å². The highest BCUT2D eigenvalue weighted by Crippen LogP contribution is 2.30. The van der Waals surface area contributed by atoms with E-state index in [-0.39, 0.29) is 26.2 Å². The van der Waals surface area contributed by atoms with Gasteiger partial charge >= 0.3 is 12.0 Å². The Balaban J connectivity index is 1.57. The second-order valence-corrected chi connectivity index (χ2v) is 9.42. The maximum Gasteiger partial charge on any atom is 0.334 e. The number of hydrogen-bond donors (Lipinski definition) is 2. The van der Waals surface area contributed by atoms with Crippen LogP contribution in [0.3, 0.4) is 0 Å². The van der Waals surface area contributed by atoms with Crippen molar-refractivity contribution >= 4 is 23.8 Å². The number of carbonyl (C=O) groups is 4. The van der Waals surface area contributed by atoms with Gasteiger partial charge in [-0.25, -0.2) is 14.8 Å². The number of aliphatic carboxylic acids is 1. The van der Waals surface area contributed by atoms with Crippen LogP contribution in [0.25, 0.3) is 0 Å². The molecule has 0 spiro atoms. The average molecular weight is 540 g/mol. The van der Waals surface area contributed by atoms with Gasteiger partial charge in [-0.1, -0.05) is 36.4 Å². The van der Waals surface area contributed by atoms with E-state index in [1.54, 1.807) is 20.2 Å². The van der Waals surface area contributed by atoms with Crippen LogP contribution in [-0.4, -0.2) is 102 Å². The number of nitrogens with zero attached hydrogens (tertiary/aromatic N) is 4. The third-order valence-electron chi connectivity index (χ3n) is 6.92. The van der Waals surface area contributed by atoms with E-state index in [4.69, 9.17) is 9.47 Å². The molecular formula is C27H33N5O7. The summed E-state index contributed by atoms with van der Waals surface area (Å²) in [6.45, 7) is 0.402. The first-order chi connectivity index (χ1) is 18.7. The lowest BCUT2D eigenvalue weighted by Crippen LogP contribution is -2.76. The number of hydrazine groups is 1. The standard InChI is InChI=1S/C27H33N5O7/c1-29-17-24(33)31-20(14-25(34)35)26(36)30(12-11-18-9-10-21(38-2)22(13-18)39-3)16-23(31)32(29)27(37)28-15-19-7-5-4-6-8-19/h4-10,13,20,23H,11-12,14-17H2,1-3H3,(H,28,37)(H,34,35)/t20-,23-/m0/s1. The Morgan fingerprint density at radius 3 is 2.41 bits per heavy atom. The number of nitrogens with one attached hydrogen (secondary N) is 1. The summed E-state index contributed by atoms with van der Waals surface area (Å²) in [6, 6.07) is 13.2. The summed E-state index contributed by atoms with van der Waals surface area (Å²) in [6.07, 6.45) is -0.973. The normalized spacial score (nSPS) is 19.5. The molecule has 39 heavy (non-hydrogen) atoms. The van der Waals surface area contributed by atoms with Crippen molar-refractivity contribution in [2.45, 2.75) is 31.6 Å². The minimum absolute atomic E-state index is 0.0388. The fraction of sp³-hybridized carbons (Fsp3) is 0.407. The minimum atomic E-state index is -1.22. The SMILES string of the molecule is COc1ccc(CCN2C[C@H]3N(C(=O)CN(C)N3C(=O)NCc3ccccc3)[C@@H](CC(=O)O)C2=O)cc1OC. The molecule has 0 aliphatic carbocycles. The van der Waals surface area contributed by atoms with Gasteiger partial charge in [-0.05, 0) is 29.7 Å². The van der Waals surface area contributed by atoms with E-state index in [2.05, 4.69) is 5.32 Å². The summed E-state index contributed by atoms with van der Waals surface area (Å²) in [4.78, 5) is 54.4. The highest BCUT2D eigenvalue weighted by atomic mass is 16.5. The zero-order valence-corrected chi connectivity index (χ0v) is 22.2. The fourth-order valence-corrected chi connectivity index (χ4v) is 5.03. The molecule has 0 aromatic heterocycles. The quantitative estimate of drug-likeness (QED) is 0.485. The fourth-order valence-electron chi connectivity index (χ4n) is 5.03. The zero-order chi connectivity index (χ0) is 28.1. The van der Waals surface area contributed by atoms with E-state index in [1.165, 1.54) is 26.9 Å². The highest BCUT2D eigenvalue weighted by Gasteiger charge is 2.51. The lowest BCUT2D eigenvalue weighted by atomic mass is 10.0. The first-order valence-electron chi connectivity index (χ1n) is 12.6. The molecule has 12 nitrogen and oxygen atoms in total. The van der Waals surface area contributed by atoms with E-state index in [0.717, 1.165) is 11.1 Å². The Morgan fingerprint density at radius 1 is 1.03 bits per heavy atom. The van der Waals surface area contributed by atoms with Crippen LogP contribution in [0.4, 0.5) is 4.79 Å². The van der Waals surface area contributed by atoms with Crippen molar-refractivity contribution in [2.24, 2.45) is 0 Å². The Morgan fingerprint density at radius 2 is 1.74 bits per heavy atom. The van der Waals surface area contributed by atoms with E-state index in [0.29, 0.717) is 17.9 Å².